The topological polar surface area (TPSA) is 73.8 Å². The lowest BCUT2D eigenvalue weighted by atomic mass is 10.0. The number of hydrogen-bond acceptors (Lipinski definition) is 6. The highest BCUT2D eigenvalue weighted by Gasteiger charge is 2.30. The second kappa shape index (κ2) is 7.21. The van der Waals surface area contributed by atoms with E-state index in [9.17, 15) is 4.79 Å². The molecular weight excluding hydrogens is 274 g/mol. The Morgan fingerprint density at radius 3 is 2.48 bits per heavy atom. The van der Waals surface area contributed by atoms with E-state index in [1.54, 1.807) is 27.4 Å². The lowest BCUT2D eigenvalue weighted by Crippen LogP contribution is -2.29. The predicted octanol–water partition coefficient (Wildman–Crippen LogP) is 0.531. The van der Waals surface area contributed by atoms with Crippen LogP contribution >= 0.6 is 0 Å². The van der Waals surface area contributed by atoms with Gasteiger partial charge < -0.3 is 19.1 Å². The van der Waals surface area contributed by atoms with E-state index >= 15 is 0 Å². The minimum Gasteiger partial charge on any atom is -0.481 e. The molecule has 0 unspecified atom stereocenters. The maximum Gasteiger partial charge on any atom is 0.223 e. The fraction of sp³-hybridized carbons (Fsp3) is 0.643. The molecule has 0 bridgehead atoms. The average Bonchev–Trinajstić information content (AvgIpc) is 2.84. The zero-order valence-electron chi connectivity index (χ0n) is 12.7. The minimum atomic E-state index is 0.159. The number of ether oxygens (including phenoxy) is 3. The van der Waals surface area contributed by atoms with Gasteiger partial charge in [-0.25, -0.2) is 0 Å². The number of amides is 1. The van der Waals surface area contributed by atoms with E-state index in [1.807, 2.05) is 4.90 Å². The molecule has 1 atom stereocenters. The van der Waals surface area contributed by atoms with Crippen LogP contribution in [-0.4, -0.2) is 61.8 Å². The summed E-state index contributed by atoms with van der Waals surface area (Å²) in [7, 11) is 4.74. The molecule has 1 aliphatic rings. The zero-order chi connectivity index (χ0) is 15.2. The van der Waals surface area contributed by atoms with Gasteiger partial charge in [0.15, 0.2) is 0 Å². The summed E-state index contributed by atoms with van der Waals surface area (Å²) in [4.78, 5) is 22.3. The molecule has 1 aromatic rings. The first-order chi connectivity index (χ1) is 10.2. The Morgan fingerprint density at radius 1 is 1.24 bits per heavy atom. The van der Waals surface area contributed by atoms with Crippen LogP contribution in [0.25, 0.3) is 0 Å². The van der Waals surface area contributed by atoms with Gasteiger partial charge in [-0.2, -0.15) is 9.97 Å². The number of methoxy groups -OCH3 is 3. The van der Waals surface area contributed by atoms with Crippen molar-refractivity contribution in [1.29, 1.82) is 0 Å². The summed E-state index contributed by atoms with van der Waals surface area (Å²) < 4.78 is 15.3. The SMILES string of the molecule is COCCN1C[C@H](Cc2nc(OC)cc(OC)n2)CC1=O. The van der Waals surface area contributed by atoms with E-state index in [0.29, 0.717) is 50.1 Å². The van der Waals surface area contributed by atoms with Crippen LogP contribution in [0.15, 0.2) is 6.07 Å². The third kappa shape index (κ3) is 4.04. The van der Waals surface area contributed by atoms with Gasteiger partial charge in [0, 0.05) is 33.0 Å². The summed E-state index contributed by atoms with van der Waals surface area (Å²) in [6.45, 7) is 1.90. The zero-order valence-corrected chi connectivity index (χ0v) is 12.7. The van der Waals surface area contributed by atoms with Crippen molar-refractivity contribution in [2.75, 3.05) is 41.0 Å². The second-order valence-electron chi connectivity index (χ2n) is 4.98. The van der Waals surface area contributed by atoms with E-state index < -0.39 is 0 Å². The predicted molar refractivity (Wildman–Crippen MR) is 75.4 cm³/mol. The molecule has 0 saturated carbocycles. The number of carbonyl (C=O) groups is 1. The van der Waals surface area contributed by atoms with Crippen molar-refractivity contribution in [3.8, 4) is 11.8 Å². The lowest BCUT2D eigenvalue weighted by Gasteiger charge is -2.15. The molecule has 21 heavy (non-hydrogen) atoms. The number of carbonyl (C=O) groups excluding carboxylic acids is 1. The Labute approximate surface area is 124 Å². The van der Waals surface area contributed by atoms with Gasteiger partial charge in [0.1, 0.15) is 5.82 Å². The van der Waals surface area contributed by atoms with Crippen LogP contribution in [0.2, 0.25) is 0 Å². The van der Waals surface area contributed by atoms with Crippen LogP contribution in [0, 0.1) is 5.92 Å². The molecular formula is C14H21N3O4. The molecule has 1 aromatic heterocycles. The van der Waals surface area contributed by atoms with Gasteiger partial charge >= 0.3 is 0 Å². The van der Waals surface area contributed by atoms with Crippen LogP contribution < -0.4 is 9.47 Å². The summed E-state index contributed by atoms with van der Waals surface area (Å²) in [6.07, 6.45) is 1.15. The van der Waals surface area contributed by atoms with Crippen LogP contribution in [0.5, 0.6) is 11.8 Å². The highest BCUT2D eigenvalue weighted by Crippen LogP contribution is 2.23. The van der Waals surface area contributed by atoms with Crippen molar-refractivity contribution in [1.82, 2.24) is 14.9 Å². The van der Waals surface area contributed by atoms with E-state index in [4.69, 9.17) is 14.2 Å². The summed E-state index contributed by atoms with van der Waals surface area (Å²) >= 11 is 0. The van der Waals surface area contributed by atoms with Crippen molar-refractivity contribution in [3.63, 3.8) is 0 Å². The summed E-state index contributed by atoms with van der Waals surface area (Å²) in [5.74, 6) is 1.95. The maximum atomic E-state index is 11.9. The molecule has 2 rings (SSSR count). The minimum absolute atomic E-state index is 0.159. The molecule has 1 amide bonds. The molecule has 0 radical (unpaired) electrons. The van der Waals surface area contributed by atoms with Crippen LogP contribution in [0.3, 0.4) is 0 Å². The Morgan fingerprint density at radius 2 is 1.90 bits per heavy atom. The third-order valence-electron chi connectivity index (χ3n) is 3.47. The molecule has 2 heterocycles. The maximum absolute atomic E-state index is 11.9. The molecule has 116 valence electrons. The van der Waals surface area contributed by atoms with Crippen molar-refractivity contribution < 1.29 is 19.0 Å². The Bertz CT molecular complexity index is 473. The number of rotatable bonds is 7. The number of nitrogens with zero attached hydrogens (tertiary/aromatic N) is 3. The van der Waals surface area contributed by atoms with Crippen molar-refractivity contribution >= 4 is 5.91 Å². The fourth-order valence-electron chi connectivity index (χ4n) is 2.42. The first-order valence-electron chi connectivity index (χ1n) is 6.89. The smallest absolute Gasteiger partial charge is 0.223 e. The molecule has 0 aliphatic carbocycles. The first-order valence-corrected chi connectivity index (χ1v) is 6.89. The Balaban J connectivity index is 2.00. The first kappa shape index (κ1) is 15.5. The molecule has 7 heteroatoms. The van der Waals surface area contributed by atoms with E-state index in [1.165, 1.54) is 0 Å². The Kier molecular flexibility index (Phi) is 5.32. The normalized spacial score (nSPS) is 18.1. The number of likely N-dealkylation sites (tertiary alicyclic amines) is 1. The van der Waals surface area contributed by atoms with Crippen LogP contribution in [-0.2, 0) is 16.0 Å². The van der Waals surface area contributed by atoms with E-state index in [2.05, 4.69) is 9.97 Å². The number of aromatic nitrogens is 2. The van der Waals surface area contributed by atoms with Gasteiger partial charge in [-0.15, -0.1) is 0 Å². The summed E-state index contributed by atoms with van der Waals surface area (Å²) in [6, 6.07) is 1.63. The molecule has 7 nitrogen and oxygen atoms in total. The molecule has 0 N–H and O–H groups in total. The molecule has 1 aliphatic heterocycles. The van der Waals surface area contributed by atoms with Gasteiger partial charge in [-0.05, 0) is 5.92 Å². The quantitative estimate of drug-likeness (QED) is 0.730. The van der Waals surface area contributed by atoms with E-state index in [0.717, 1.165) is 0 Å². The van der Waals surface area contributed by atoms with Crippen molar-refractivity contribution in [3.05, 3.63) is 11.9 Å². The Hall–Kier alpha value is -1.89. The van der Waals surface area contributed by atoms with Crippen LogP contribution in [0.1, 0.15) is 12.2 Å². The van der Waals surface area contributed by atoms with Gasteiger partial charge in [0.25, 0.3) is 0 Å². The summed E-state index contributed by atoms with van der Waals surface area (Å²) in [5.41, 5.74) is 0. The third-order valence-corrected chi connectivity index (χ3v) is 3.47. The van der Waals surface area contributed by atoms with Crippen molar-refractivity contribution in [2.24, 2.45) is 5.92 Å². The standard InChI is InChI=1S/C14H21N3O4/c1-19-5-4-17-9-10(7-14(17)18)6-11-15-12(20-2)8-13(16-11)21-3/h8,10H,4-7,9H2,1-3H3/t10-/m1/s1. The largest absolute Gasteiger partial charge is 0.481 e. The molecule has 0 aromatic carbocycles. The highest BCUT2D eigenvalue weighted by molar-refractivity contribution is 5.78. The molecule has 1 fully saturated rings. The van der Waals surface area contributed by atoms with Crippen LogP contribution in [0.4, 0.5) is 0 Å². The van der Waals surface area contributed by atoms with Gasteiger partial charge in [0.2, 0.25) is 17.7 Å². The average molecular weight is 295 g/mol. The van der Waals surface area contributed by atoms with Gasteiger partial charge in [-0.3, -0.25) is 4.79 Å². The molecule has 1 saturated heterocycles. The highest BCUT2D eigenvalue weighted by atomic mass is 16.5. The van der Waals surface area contributed by atoms with E-state index in [-0.39, 0.29) is 11.8 Å². The number of hydrogen-bond donors (Lipinski definition) is 0. The fourth-order valence-corrected chi connectivity index (χ4v) is 2.42. The summed E-state index contributed by atoms with van der Waals surface area (Å²) in [5, 5.41) is 0. The monoisotopic (exact) mass is 295 g/mol. The molecule has 0 spiro atoms. The van der Waals surface area contributed by atoms with Crippen molar-refractivity contribution in [2.45, 2.75) is 12.8 Å². The van der Waals surface area contributed by atoms with Gasteiger partial charge in [-0.1, -0.05) is 0 Å². The van der Waals surface area contributed by atoms with Gasteiger partial charge in [0.05, 0.1) is 26.9 Å². The second-order valence-corrected chi connectivity index (χ2v) is 4.98. The lowest BCUT2D eigenvalue weighted by molar-refractivity contribution is -0.128.